The largest absolute Gasteiger partial charge is 0.377 e. The minimum atomic E-state index is -3.85. The van der Waals surface area contributed by atoms with Crippen molar-refractivity contribution in [1.82, 2.24) is 9.62 Å². The fraction of sp³-hybridized carbons (Fsp3) is 0.421. The Hall–Kier alpha value is -1.45. The Balaban J connectivity index is 1.78. The number of carbonyl (C=O) groups is 1. The van der Waals surface area contributed by atoms with Crippen molar-refractivity contribution in [3.8, 4) is 0 Å². The molecule has 152 valence electrons. The standard InChI is InChI=1S/C19H23ClN2O4S2/c1-2-22(13-16-6-4-10-27-16)19(23)14-7-8-17(20)18(11-14)28(24,25)21-12-15-5-3-9-26-15/h4,6-8,10-11,15,21H,2-3,5,9,12-13H2,1H3. The van der Waals surface area contributed by atoms with Gasteiger partial charge in [-0.3, -0.25) is 4.79 Å². The van der Waals surface area contributed by atoms with Crippen LogP contribution in [-0.2, 0) is 21.3 Å². The van der Waals surface area contributed by atoms with Crippen LogP contribution in [0.1, 0.15) is 35.0 Å². The molecule has 1 atom stereocenters. The fourth-order valence-corrected chi connectivity index (χ4v) is 5.34. The lowest BCUT2D eigenvalue weighted by molar-refractivity contribution is 0.0754. The predicted octanol–water partition coefficient (Wildman–Crippen LogP) is 3.52. The maximum Gasteiger partial charge on any atom is 0.254 e. The van der Waals surface area contributed by atoms with E-state index in [4.69, 9.17) is 16.3 Å². The van der Waals surface area contributed by atoms with Gasteiger partial charge in [-0.25, -0.2) is 13.1 Å². The lowest BCUT2D eigenvalue weighted by Crippen LogP contribution is -2.33. The molecule has 2 heterocycles. The Morgan fingerprint density at radius 2 is 2.21 bits per heavy atom. The summed E-state index contributed by atoms with van der Waals surface area (Å²) in [6.45, 7) is 3.72. The van der Waals surface area contributed by atoms with Crippen molar-refractivity contribution < 1.29 is 17.9 Å². The summed E-state index contributed by atoms with van der Waals surface area (Å²) in [4.78, 5) is 15.6. The van der Waals surface area contributed by atoms with Gasteiger partial charge in [-0.05, 0) is 49.4 Å². The van der Waals surface area contributed by atoms with E-state index in [1.165, 1.54) is 12.1 Å². The number of rotatable bonds is 8. The van der Waals surface area contributed by atoms with E-state index >= 15 is 0 Å². The van der Waals surface area contributed by atoms with E-state index in [1.807, 2.05) is 24.4 Å². The van der Waals surface area contributed by atoms with Gasteiger partial charge >= 0.3 is 0 Å². The smallest absolute Gasteiger partial charge is 0.254 e. The number of nitrogens with one attached hydrogen (secondary N) is 1. The first-order chi connectivity index (χ1) is 13.4. The van der Waals surface area contributed by atoms with E-state index in [0.717, 1.165) is 17.7 Å². The summed E-state index contributed by atoms with van der Waals surface area (Å²) in [5, 5.41) is 2.04. The third-order valence-corrected chi connectivity index (χ3v) is 7.35. The van der Waals surface area contributed by atoms with Crippen molar-refractivity contribution in [2.75, 3.05) is 19.7 Å². The molecule has 1 aliphatic rings. The van der Waals surface area contributed by atoms with Gasteiger partial charge in [-0.15, -0.1) is 11.3 Å². The highest BCUT2D eigenvalue weighted by molar-refractivity contribution is 7.89. The summed E-state index contributed by atoms with van der Waals surface area (Å²) in [5.74, 6) is -0.233. The molecular weight excluding hydrogens is 420 g/mol. The van der Waals surface area contributed by atoms with Crippen molar-refractivity contribution >= 4 is 38.9 Å². The summed E-state index contributed by atoms with van der Waals surface area (Å²) in [6.07, 6.45) is 1.62. The SMILES string of the molecule is CCN(Cc1cccs1)C(=O)c1ccc(Cl)c(S(=O)(=O)NCC2CCCO2)c1. The topological polar surface area (TPSA) is 75.7 Å². The quantitative estimate of drug-likeness (QED) is 0.678. The first-order valence-electron chi connectivity index (χ1n) is 9.13. The Morgan fingerprint density at radius 3 is 2.86 bits per heavy atom. The third-order valence-electron chi connectivity index (χ3n) is 4.59. The molecule has 9 heteroatoms. The molecule has 1 N–H and O–H groups in total. The van der Waals surface area contributed by atoms with Gasteiger partial charge in [0.05, 0.1) is 17.7 Å². The van der Waals surface area contributed by atoms with Gasteiger partial charge in [0.15, 0.2) is 0 Å². The normalized spacial score (nSPS) is 17.0. The number of ether oxygens (including phenoxy) is 1. The van der Waals surface area contributed by atoms with E-state index < -0.39 is 10.0 Å². The molecule has 0 aliphatic carbocycles. The van der Waals surface area contributed by atoms with E-state index in [1.54, 1.807) is 22.3 Å². The number of sulfonamides is 1. The lowest BCUT2D eigenvalue weighted by Gasteiger charge is -2.21. The molecule has 0 spiro atoms. The van der Waals surface area contributed by atoms with Crippen LogP contribution in [0.4, 0.5) is 0 Å². The average Bonchev–Trinajstić information content (AvgIpc) is 3.38. The van der Waals surface area contributed by atoms with Crippen molar-refractivity contribution in [1.29, 1.82) is 0 Å². The van der Waals surface area contributed by atoms with Crippen LogP contribution in [0.25, 0.3) is 0 Å². The Bertz CT molecular complexity index is 910. The van der Waals surface area contributed by atoms with Crippen LogP contribution in [-0.4, -0.2) is 45.0 Å². The number of thiophene rings is 1. The van der Waals surface area contributed by atoms with Gasteiger partial charge in [0, 0.05) is 30.1 Å². The van der Waals surface area contributed by atoms with Crippen LogP contribution >= 0.6 is 22.9 Å². The van der Waals surface area contributed by atoms with Gasteiger partial charge in [-0.1, -0.05) is 17.7 Å². The minimum absolute atomic E-state index is 0.0812. The number of nitrogens with zero attached hydrogens (tertiary/aromatic N) is 1. The lowest BCUT2D eigenvalue weighted by atomic mass is 10.2. The van der Waals surface area contributed by atoms with Crippen LogP contribution in [0, 0.1) is 0 Å². The van der Waals surface area contributed by atoms with E-state index in [2.05, 4.69) is 4.72 Å². The van der Waals surface area contributed by atoms with Gasteiger partial charge in [-0.2, -0.15) is 0 Å². The zero-order valence-corrected chi connectivity index (χ0v) is 17.9. The molecule has 1 fully saturated rings. The molecule has 3 rings (SSSR count). The van der Waals surface area contributed by atoms with Crippen molar-refractivity contribution in [3.63, 3.8) is 0 Å². The molecule has 1 aliphatic heterocycles. The molecule has 6 nitrogen and oxygen atoms in total. The second kappa shape index (κ2) is 9.37. The van der Waals surface area contributed by atoms with E-state index in [9.17, 15) is 13.2 Å². The van der Waals surface area contributed by atoms with Crippen LogP contribution in [0.2, 0.25) is 5.02 Å². The first-order valence-corrected chi connectivity index (χ1v) is 11.9. The molecule has 2 aromatic rings. The van der Waals surface area contributed by atoms with Crippen molar-refractivity contribution in [2.45, 2.75) is 37.3 Å². The van der Waals surface area contributed by atoms with Crippen molar-refractivity contribution in [2.24, 2.45) is 0 Å². The average molecular weight is 443 g/mol. The fourth-order valence-electron chi connectivity index (χ4n) is 3.03. The molecular formula is C19H23ClN2O4S2. The van der Waals surface area contributed by atoms with E-state index in [0.29, 0.717) is 25.3 Å². The maximum absolute atomic E-state index is 12.9. The molecule has 1 saturated heterocycles. The third kappa shape index (κ3) is 5.12. The molecule has 0 saturated carbocycles. The summed E-state index contributed by atoms with van der Waals surface area (Å²) < 4.78 is 33.4. The molecule has 1 aromatic heterocycles. The highest BCUT2D eigenvalue weighted by Gasteiger charge is 2.24. The maximum atomic E-state index is 12.9. The summed E-state index contributed by atoms with van der Waals surface area (Å²) in [7, 11) is -3.85. The number of benzene rings is 1. The number of hydrogen-bond donors (Lipinski definition) is 1. The van der Waals surface area contributed by atoms with Crippen LogP contribution in [0.5, 0.6) is 0 Å². The highest BCUT2D eigenvalue weighted by atomic mass is 35.5. The molecule has 1 aromatic carbocycles. The molecule has 1 amide bonds. The Kier molecular flexibility index (Phi) is 7.11. The summed E-state index contributed by atoms with van der Waals surface area (Å²) >= 11 is 7.71. The van der Waals surface area contributed by atoms with Crippen LogP contribution in [0.3, 0.4) is 0 Å². The van der Waals surface area contributed by atoms with Crippen LogP contribution in [0.15, 0.2) is 40.6 Å². The second-order valence-electron chi connectivity index (χ2n) is 6.53. The Morgan fingerprint density at radius 1 is 1.39 bits per heavy atom. The summed E-state index contributed by atoms with van der Waals surface area (Å²) in [6, 6.07) is 8.26. The van der Waals surface area contributed by atoms with Gasteiger partial charge in [0.2, 0.25) is 10.0 Å². The number of halogens is 1. The predicted molar refractivity (Wildman–Crippen MR) is 110 cm³/mol. The van der Waals surface area contributed by atoms with E-state index in [-0.39, 0.29) is 28.5 Å². The molecule has 1 unspecified atom stereocenters. The van der Waals surface area contributed by atoms with Gasteiger partial charge < -0.3 is 9.64 Å². The zero-order chi connectivity index (χ0) is 20.1. The molecule has 0 radical (unpaired) electrons. The number of carbonyl (C=O) groups excluding carboxylic acids is 1. The second-order valence-corrected chi connectivity index (χ2v) is 9.71. The van der Waals surface area contributed by atoms with Crippen molar-refractivity contribution in [3.05, 3.63) is 51.2 Å². The zero-order valence-electron chi connectivity index (χ0n) is 15.6. The number of amides is 1. The monoisotopic (exact) mass is 442 g/mol. The van der Waals surface area contributed by atoms with Crippen LogP contribution < -0.4 is 4.72 Å². The summed E-state index contributed by atoms with van der Waals surface area (Å²) in [5.41, 5.74) is 0.292. The van der Waals surface area contributed by atoms with Gasteiger partial charge in [0.25, 0.3) is 5.91 Å². The first kappa shape index (κ1) is 21.3. The Labute approximate surface area is 174 Å². The van der Waals surface area contributed by atoms with Gasteiger partial charge in [0.1, 0.15) is 4.90 Å². The molecule has 28 heavy (non-hydrogen) atoms. The number of hydrogen-bond acceptors (Lipinski definition) is 5. The molecule has 0 bridgehead atoms. The minimum Gasteiger partial charge on any atom is -0.377 e. The highest BCUT2D eigenvalue weighted by Crippen LogP contribution is 2.24.